The highest BCUT2D eigenvalue weighted by molar-refractivity contribution is 7.89. The minimum absolute atomic E-state index is 0.242. The number of nitro groups is 1. The molecule has 0 aliphatic carbocycles. The van der Waals surface area contributed by atoms with E-state index in [4.69, 9.17) is 9.47 Å². The third-order valence-electron chi connectivity index (χ3n) is 3.64. The molecule has 2 aromatic carbocycles. The fourth-order valence-electron chi connectivity index (χ4n) is 2.32. The number of nitrogens with one attached hydrogen (secondary N) is 1. The quantitative estimate of drug-likeness (QED) is 0.483. The topological polar surface area (TPSA) is 120 Å². The smallest absolute Gasteiger partial charge is 0.276 e. The molecule has 1 aliphatic heterocycles. The fraction of sp³-hybridized carbons (Fsp3) is 0.188. The molecular formula is C16H15N3O6S. The van der Waals surface area contributed by atoms with Crippen LogP contribution in [0.5, 0.6) is 11.5 Å². The highest BCUT2D eigenvalue weighted by atomic mass is 32.2. The number of nitrogens with zero attached hydrogens (tertiary/aromatic N) is 2. The van der Waals surface area contributed by atoms with E-state index in [-0.39, 0.29) is 10.6 Å². The number of hydrogen-bond acceptors (Lipinski definition) is 7. The number of aryl methyl sites for hydroxylation is 1. The molecular weight excluding hydrogens is 362 g/mol. The molecule has 0 unspecified atom stereocenters. The molecule has 26 heavy (non-hydrogen) atoms. The van der Waals surface area contributed by atoms with Crippen LogP contribution in [0.4, 0.5) is 5.69 Å². The van der Waals surface area contributed by atoms with Crippen LogP contribution in [-0.4, -0.2) is 32.8 Å². The lowest BCUT2D eigenvalue weighted by molar-refractivity contribution is -0.385. The Labute approximate surface area is 149 Å². The van der Waals surface area contributed by atoms with E-state index in [1.54, 1.807) is 18.2 Å². The molecule has 136 valence electrons. The maximum Gasteiger partial charge on any atom is 0.276 e. The fourth-order valence-corrected chi connectivity index (χ4v) is 3.13. The minimum Gasteiger partial charge on any atom is -0.486 e. The Morgan fingerprint density at radius 1 is 1.15 bits per heavy atom. The van der Waals surface area contributed by atoms with E-state index in [1.807, 2.05) is 4.83 Å². The van der Waals surface area contributed by atoms with Gasteiger partial charge in [0.05, 0.1) is 16.0 Å². The number of nitro benzene ring substituents is 1. The van der Waals surface area contributed by atoms with Gasteiger partial charge in [0.2, 0.25) is 0 Å². The van der Waals surface area contributed by atoms with Crippen molar-refractivity contribution in [3.05, 3.63) is 57.6 Å². The van der Waals surface area contributed by atoms with E-state index in [2.05, 4.69) is 5.10 Å². The zero-order valence-electron chi connectivity index (χ0n) is 13.7. The number of rotatable bonds is 5. The second kappa shape index (κ2) is 7.00. The van der Waals surface area contributed by atoms with Crippen molar-refractivity contribution in [3.63, 3.8) is 0 Å². The zero-order valence-corrected chi connectivity index (χ0v) is 14.5. The lowest BCUT2D eigenvalue weighted by atomic mass is 10.2. The molecule has 0 atom stereocenters. The van der Waals surface area contributed by atoms with Crippen LogP contribution in [0.25, 0.3) is 0 Å². The van der Waals surface area contributed by atoms with Crippen molar-refractivity contribution in [1.82, 2.24) is 4.83 Å². The van der Waals surface area contributed by atoms with Crippen molar-refractivity contribution < 1.29 is 22.8 Å². The monoisotopic (exact) mass is 377 g/mol. The molecule has 9 nitrogen and oxygen atoms in total. The predicted molar refractivity (Wildman–Crippen MR) is 93.2 cm³/mol. The Bertz CT molecular complexity index is 987. The van der Waals surface area contributed by atoms with Crippen LogP contribution in [0.1, 0.15) is 11.1 Å². The van der Waals surface area contributed by atoms with Gasteiger partial charge in [-0.05, 0) is 36.8 Å². The molecule has 0 fully saturated rings. The van der Waals surface area contributed by atoms with E-state index in [9.17, 15) is 18.5 Å². The van der Waals surface area contributed by atoms with Gasteiger partial charge >= 0.3 is 0 Å². The first-order valence-electron chi connectivity index (χ1n) is 7.56. The maximum absolute atomic E-state index is 12.2. The Morgan fingerprint density at radius 2 is 1.88 bits per heavy atom. The molecule has 0 amide bonds. The summed E-state index contributed by atoms with van der Waals surface area (Å²) < 4.78 is 35.3. The van der Waals surface area contributed by atoms with Crippen molar-refractivity contribution in [1.29, 1.82) is 0 Å². The summed E-state index contributed by atoms with van der Waals surface area (Å²) in [7, 11) is -4.03. The van der Waals surface area contributed by atoms with Crippen molar-refractivity contribution >= 4 is 21.9 Å². The molecule has 0 aromatic heterocycles. The molecule has 0 spiro atoms. The largest absolute Gasteiger partial charge is 0.486 e. The second-order valence-corrected chi connectivity index (χ2v) is 7.12. The summed E-state index contributed by atoms with van der Waals surface area (Å²) in [6.07, 6.45) is 1.30. The number of ether oxygens (including phenoxy) is 2. The zero-order chi connectivity index (χ0) is 18.7. The van der Waals surface area contributed by atoms with Gasteiger partial charge in [-0.3, -0.25) is 10.1 Å². The molecule has 0 bridgehead atoms. The third-order valence-corrected chi connectivity index (χ3v) is 4.86. The van der Waals surface area contributed by atoms with Crippen LogP contribution < -0.4 is 14.3 Å². The summed E-state index contributed by atoms with van der Waals surface area (Å²) in [6, 6.07) is 8.72. The molecule has 1 heterocycles. The molecule has 0 radical (unpaired) electrons. The summed E-state index contributed by atoms with van der Waals surface area (Å²) >= 11 is 0. The number of benzene rings is 2. The first-order valence-corrected chi connectivity index (χ1v) is 9.05. The Kier molecular flexibility index (Phi) is 4.76. The molecule has 1 aliphatic rings. The maximum atomic E-state index is 12.2. The Morgan fingerprint density at radius 3 is 2.62 bits per heavy atom. The Balaban J connectivity index is 1.77. The van der Waals surface area contributed by atoms with Gasteiger partial charge in [0.25, 0.3) is 15.7 Å². The lowest BCUT2D eigenvalue weighted by Crippen LogP contribution is -2.18. The van der Waals surface area contributed by atoms with Crippen LogP contribution in [0.15, 0.2) is 46.4 Å². The first kappa shape index (κ1) is 17.7. The summed E-state index contributed by atoms with van der Waals surface area (Å²) in [5.74, 6) is 1.16. The van der Waals surface area contributed by atoms with Gasteiger partial charge in [-0.1, -0.05) is 6.07 Å². The van der Waals surface area contributed by atoms with Gasteiger partial charge in [-0.15, -0.1) is 0 Å². The molecule has 1 N–H and O–H groups in total. The van der Waals surface area contributed by atoms with Crippen LogP contribution in [0.3, 0.4) is 0 Å². The minimum atomic E-state index is -4.03. The van der Waals surface area contributed by atoms with E-state index in [0.717, 1.165) is 6.07 Å². The van der Waals surface area contributed by atoms with Crippen molar-refractivity contribution in [3.8, 4) is 11.5 Å². The molecule has 0 saturated carbocycles. The third kappa shape index (κ3) is 3.75. The standard InChI is InChI=1S/C16H15N3O6S/c1-11-2-4-13(9-14(11)19(20)21)26(22,23)18-17-10-12-3-5-15-16(8-12)25-7-6-24-15/h2-5,8-10,18H,6-7H2,1H3/b17-10+. The van der Waals surface area contributed by atoms with Crippen LogP contribution in [0, 0.1) is 17.0 Å². The van der Waals surface area contributed by atoms with Crippen LogP contribution in [-0.2, 0) is 10.0 Å². The SMILES string of the molecule is Cc1ccc(S(=O)(=O)N/N=C/c2ccc3c(c2)OCCO3)cc1[N+](=O)[O-]. The van der Waals surface area contributed by atoms with Crippen LogP contribution in [0.2, 0.25) is 0 Å². The number of hydrogen-bond donors (Lipinski definition) is 1. The van der Waals surface area contributed by atoms with Crippen LogP contribution >= 0.6 is 0 Å². The normalized spacial score (nSPS) is 13.6. The Hall–Kier alpha value is -3.14. The molecule has 10 heteroatoms. The molecule has 0 saturated heterocycles. The molecule has 2 aromatic rings. The summed E-state index contributed by atoms with van der Waals surface area (Å²) in [6.45, 7) is 2.44. The van der Waals surface area contributed by atoms with Gasteiger partial charge in [0.15, 0.2) is 11.5 Å². The number of fused-ring (bicyclic) bond motifs is 1. The summed E-state index contributed by atoms with van der Waals surface area (Å²) in [5.41, 5.74) is 0.698. The van der Waals surface area contributed by atoms with Gasteiger partial charge in [0.1, 0.15) is 13.2 Å². The van der Waals surface area contributed by atoms with Gasteiger partial charge in [-0.25, -0.2) is 4.83 Å². The summed E-state index contributed by atoms with van der Waals surface area (Å²) in [4.78, 5) is 12.1. The predicted octanol–water partition coefficient (Wildman–Crippen LogP) is 1.99. The highest BCUT2D eigenvalue weighted by Gasteiger charge is 2.19. The average Bonchev–Trinajstić information content (AvgIpc) is 2.61. The van der Waals surface area contributed by atoms with Gasteiger partial charge < -0.3 is 9.47 Å². The highest BCUT2D eigenvalue weighted by Crippen LogP contribution is 2.30. The van der Waals surface area contributed by atoms with E-state index in [1.165, 1.54) is 25.3 Å². The number of hydrazone groups is 1. The van der Waals surface area contributed by atoms with Gasteiger partial charge in [-0.2, -0.15) is 13.5 Å². The lowest BCUT2D eigenvalue weighted by Gasteiger charge is -2.18. The van der Waals surface area contributed by atoms with Crippen molar-refractivity contribution in [2.24, 2.45) is 5.10 Å². The van der Waals surface area contributed by atoms with E-state index < -0.39 is 14.9 Å². The van der Waals surface area contributed by atoms with Gasteiger partial charge in [0, 0.05) is 11.6 Å². The van der Waals surface area contributed by atoms with Crippen molar-refractivity contribution in [2.45, 2.75) is 11.8 Å². The number of sulfonamides is 1. The summed E-state index contributed by atoms with van der Waals surface area (Å²) in [5, 5.41) is 14.7. The average molecular weight is 377 g/mol. The second-order valence-electron chi connectivity index (χ2n) is 5.46. The van der Waals surface area contributed by atoms with Crippen molar-refractivity contribution in [2.75, 3.05) is 13.2 Å². The van der Waals surface area contributed by atoms with E-state index >= 15 is 0 Å². The van der Waals surface area contributed by atoms with E-state index in [0.29, 0.717) is 35.8 Å². The molecule has 3 rings (SSSR count). The first-order chi connectivity index (χ1) is 12.4.